The molecule has 0 amide bonds. The lowest BCUT2D eigenvalue weighted by molar-refractivity contribution is -0.200. The summed E-state index contributed by atoms with van der Waals surface area (Å²) >= 11 is 6.09. The number of ether oxygens (including phenoxy) is 3. The predicted molar refractivity (Wildman–Crippen MR) is 137 cm³/mol. The van der Waals surface area contributed by atoms with E-state index in [1.54, 1.807) is 14.2 Å². The average Bonchev–Trinajstić information content (AvgIpc) is 3.55. The van der Waals surface area contributed by atoms with Crippen molar-refractivity contribution in [2.45, 2.75) is 48.3 Å². The van der Waals surface area contributed by atoms with Crippen molar-refractivity contribution in [3.63, 3.8) is 0 Å². The van der Waals surface area contributed by atoms with Crippen LogP contribution in [0.3, 0.4) is 0 Å². The molecule has 0 unspecified atom stereocenters. The van der Waals surface area contributed by atoms with Gasteiger partial charge >= 0.3 is 0 Å². The summed E-state index contributed by atoms with van der Waals surface area (Å²) < 4.78 is 25.7. The highest BCUT2D eigenvalue weighted by molar-refractivity contribution is 6.30. The standard InChI is InChI=1S/C29H28ClN3O4/c1-33-13-12-28-22-17-6-9-20(34-2)23(22)36-26(28)29(35-3)11-10-27(28,21(33)14-17)15-19(29)25-32-31-24(37-25)16-4-7-18(30)8-5-16/h4-11,19,21,26H,12-15H2,1-3H3/t19-,21+,26-,27+,28-,29+/m0/s1. The molecule has 6 atom stereocenters. The third kappa shape index (κ3) is 2.42. The molecule has 1 aromatic heterocycles. The SMILES string of the molecule is COc1ccc2c3c1O[C@@H]1[C@@]4(OC)C=C[C@@]5(C[C@H]4c4nnc(-c6ccc(Cl)cc6)o4)[C@@H](C2)N(C)CC[C@]315. The second-order valence-corrected chi connectivity index (χ2v) is 11.6. The van der Waals surface area contributed by atoms with E-state index in [-0.39, 0.29) is 22.9 Å². The average molecular weight is 518 g/mol. The first-order chi connectivity index (χ1) is 18.0. The molecular formula is C29H28ClN3O4. The largest absolute Gasteiger partial charge is 0.493 e. The van der Waals surface area contributed by atoms with Crippen LogP contribution in [0.25, 0.3) is 11.5 Å². The van der Waals surface area contributed by atoms with Gasteiger partial charge in [-0.25, -0.2) is 0 Å². The molecule has 2 spiro atoms. The Labute approximate surface area is 220 Å². The van der Waals surface area contributed by atoms with E-state index in [4.69, 9.17) is 30.2 Å². The Bertz CT molecular complexity index is 1470. The number of likely N-dealkylation sites (tertiary alicyclic amines) is 1. The lowest BCUT2D eigenvalue weighted by Gasteiger charge is -2.70. The maximum Gasteiger partial charge on any atom is 0.247 e. The summed E-state index contributed by atoms with van der Waals surface area (Å²) in [7, 11) is 5.76. The van der Waals surface area contributed by atoms with E-state index in [2.05, 4.69) is 46.4 Å². The third-order valence-electron chi connectivity index (χ3n) is 10.1. The van der Waals surface area contributed by atoms with Gasteiger partial charge in [-0.05, 0) is 68.8 Å². The molecule has 0 N–H and O–H groups in total. The van der Waals surface area contributed by atoms with Crippen molar-refractivity contribution in [3.05, 3.63) is 70.6 Å². The lowest BCUT2D eigenvalue weighted by Crippen LogP contribution is -2.78. The minimum atomic E-state index is -0.745. The summed E-state index contributed by atoms with van der Waals surface area (Å²) in [6, 6.07) is 12.1. The normalized spacial score (nSPS) is 36.4. The van der Waals surface area contributed by atoms with Gasteiger partial charge in [0.2, 0.25) is 11.8 Å². The van der Waals surface area contributed by atoms with E-state index in [1.807, 2.05) is 24.3 Å². The zero-order valence-electron chi connectivity index (χ0n) is 21.0. The van der Waals surface area contributed by atoms with Gasteiger partial charge in [0.1, 0.15) is 11.7 Å². The molecule has 2 fully saturated rings. The molecule has 0 radical (unpaired) electrons. The van der Waals surface area contributed by atoms with Gasteiger partial charge < -0.3 is 23.5 Å². The van der Waals surface area contributed by atoms with Crippen LogP contribution >= 0.6 is 11.6 Å². The fourth-order valence-electron chi connectivity index (χ4n) is 8.57. The molecule has 3 aromatic rings. The summed E-state index contributed by atoms with van der Waals surface area (Å²) in [6.07, 6.45) is 7.29. The van der Waals surface area contributed by atoms with Crippen LogP contribution in [-0.4, -0.2) is 60.7 Å². The van der Waals surface area contributed by atoms with Crippen molar-refractivity contribution in [2.24, 2.45) is 5.41 Å². The van der Waals surface area contributed by atoms with Crippen molar-refractivity contribution in [2.75, 3.05) is 27.8 Å². The molecule has 2 aromatic carbocycles. The Hall–Kier alpha value is -2.87. The third-order valence-corrected chi connectivity index (χ3v) is 10.4. The number of likely N-dealkylation sites (N-methyl/N-ethyl adjacent to an activating group) is 1. The number of fused-ring (bicyclic) bond motifs is 1. The zero-order chi connectivity index (χ0) is 25.2. The first-order valence-electron chi connectivity index (χ1n) is 12.9. The summed E-state index contributed by atoms with van der Waals surface area (Å²) in [4.78, 5) is 2.53. The first-order valence-corrected chi connectivity index (χ1v) is 13.3. The summed E-state index contributed by atoms with van der Waals surface area (Å²) in [5.74, 6) is 2.60. The van der Waals surface area contributed by atoms with E-state index in [0.717, 1.165) is 42.9 Å². The summed E-state index contributed by atoms with van der Waals surface area (Å²) in [5.41, 5.74) is 2.46. The van der Waals surface area contributed by atoms with Crippen molar-refractivity contribution < 1.29 is 18.6 Å². The van der Waals surface area contributed by atoms with Crippen molar-refractivity contribution >= 4 is 11.6 Å². The summed E-state index contributed by atoms with van der Waals surface area (Å²) in [5, 5.41) is 9.68. The van der Waals surface area contributed by atoms with Crippen LogP contribution in [0.4, 0.5) is 0 Å². The number of nitrogens with zero attached hydrogens (tertiary/aromatic N) is 3. The lowest BCUT2D eigenvalue weighted by atomic mass is 9.37. The minimum absolute atomic E-state index is 0.144. The van der Waals surface area contributed by atoms with E-state index in [0.29, 0.717) is 22.8 Å². The van der Waals surface area contributed by atoms with Gasteiger partial charge in [-0.3, -0.25) is 0 Å². The van der Waals surface area contributed by atoms with Crippen molar-refractivity contribution in [3.8, 4) is 23.0 Å². The number of piperidine rings is 1. The van der Waals surface area contributed by atoms with Crippen LogP contribution in [0.2, 0.25) is 5.02 Å². The molecule has 6 aliphatic rings. The predicted octanol–water partition coefficient (Wildman–Crippen LogP) is 4.79. The fraction of sp³-hybridized carbons (Fsp3) is 0.448. The van der Waals surface area contributed by atoms with E-state index in [9.17, 15) is 0 Å². The Kier molecular flexibility index (Phi) is 4.28. The van der Waals surface area contributed by atoms with Crippen LogP contribution < -0.4 is 9.47 Å². The smallest absolute Gasteiger partial charge is 0.247 e. The highest BCUT2D eigenvalue weighted by Crippen LogP contribution is 2.75. The van der Waals surface area contributed by atoms with E-state index in [1.165, 1.54) is 11.1 Å². The second-order valence-electron chi connectivity index (χ2n) is 11.2. The molecule has 3 heterocycles. The second kappa shape index (κ2) is 7.16. The number of hydrogen-bond donors (Lipinski definition) is 0. The highest BCUT2D eigenvalue weighted by atomic mass is 35.5. The van der Waals surface area contributed by atoms with Gasteiger partial charge in [-0.1, -0.05) is 29.8 Å². The minimum Gasteiger partial charge on any atom is -0.493 e. The number of benzene rings is 2. The van der Waals surface area contributed by atoms with Crippen LogP contribution in [0, 0.1) is 5.41 Å². The Morgan fingerprint density at radius 3 is 2.70 bits per heavy atom. The first kappa shape index (κ1) is 22.1. The van der Waals surface area contributed by atoms with Crippen LogP contribution in [0.1, 0.15) is 35.8 Å². The molecule has 9 rings (SSSR count). The molecule has 1 saturated heterocycles. The Morgan fingerprint density at radius 2 is 1.92 bits per heavy atom. The highest BCUT2D eigenvalue weighted by Gasteiger charge is 2.79. The molecule has 4 aliphatic carbocycles. The molecular weight excluding hydrogens is 490 g/mol. The van der Waals surface area contributed by atoms with E-state index < -0.39 is 5.60 Å². The molecule has 190 valence electrons. The van der Waals surface area contributed by atoms with Gasteiger partial charge in [0.25, 0.3) is 0 Å². The molecule has 4 bridgehead atoms. The number of rotatable bonds is 4. The van der Waals surface area contributed by atoms with Gasteiger partial charge in [-0.2, -0.15) is 0 Å². The van der Waals surface area contributed by atoms with Gasteiger partial charge in [0.15, 0.2) is 11.5 Å². The number of halogens is 1. The quantitative estimate of drug-likeness (QED) is 0.461. The number of aromatic nitrogens is 2. The van der Waals surface area contributed by atoms with Gasteiger partial charge in [0, 0.05) is 34.7 Å². The molecule has 37 heavy (non-hydrogen) atoms. The monoisotopic (exact) mass is 517 g/mol. The van der Waals surface area contributed by atoms with Crippen molar-refractivity contribution in [1.29, 1.82) is 0 Å². The van der Waals surface area contributed by atoms with E-state index >= 15 is 0 Å². The Balaban J connectivity index is 1.33. The van der Waals surface area contributed by atoms with Crippen LogP contribution in [-0.2, 0) is 16.6 Å². The van der Waals surface area contributed by atoms with Crippen molar-refractivity contribution in [1.82, 2.24) is 15.1 Å². The van der Waals surface area contributed by atoms with Crippen LogP contribution in [0.5, 0.6) is 11.5 Å². The fourth-order valence-corrected chi connectivity index (χ4v) is 8.70. The maximum atomic E-state index is 6.99. The van der Waals surface area contributed by atoms with Gasteiger partial charge in [0.05, 0.1) is 18.4 Å². The number of methoxy groups -OCH3 is 2. The molecule has 7 nitrogen and oxygen atoms in total. The van der Waals surface area contributed by atoms with Gasteiger partial charge in [-0.15, -0.1) is 10.2 Å². The Morgan fingerprint density at radius 1 is 1.08 bits per heavy atom. The summed E-state index contributed by atoms with van der Waals surface area (Å²) in [6.45, 7) is 1.02. The topological polar surface area (TPSA) is 69.8 Å². The zero-order valence-corrected chi connectivity index (χ0v) is 21.8. The maximum absolute atomic E-state index is 6.99. The molecule has 1 saturated carbocycles. The molecule has 8 heteroatoms. The number of hydrogen-bond acceptors (Lipinski definition) is 7. The van der Waals surface area contributed by atoms with Crippen LogP contribution in [0.15, 0.2) is 53.0 Å². The molecule has 2 aliphatic heterocycles.